The van der Waals surface area contributed by atoms with Gasteiger partial charge in [-0.2, -0.15) is 13.2 Å². The van der Waals surface area contributed by atoms with Crippen LogP contribution in [-0.2, 0) is 11.0 Å². The van der Waals surface area contributed by atoms with Gasteiger partial charge in [0.1, 0.15) is 11.4 Å². The van der Waals surface area contributed by atoms with E-state index >= 15 is 0 Å². The zero-order chi connectivity index (χ0) is 25.5. The number of piperazine rings is 1. The highest BCUT2D eigenvalue weighted by molar-refractivity contribution is 6.06. The number of carbonyl (C=O) groups is 1. The SMILES string of the molecule is N=C/C(=C(/Oc1ccc(-c2ccccc2)cc1)C(=O)Nc1ccc(C(F)(F)F)cc1)N1CCNCC1. The Morgan fingerprint density at radius 3 is 2.11 bits per heavy atom. The molecule has 0 bridgehead atoms. The van der Waals surface area contributed by atoms with E-state index in [4.69, 9.17) is 10.1 Å². The van der Waals surface area contributed by atoms with Gasteiger partial charge in [-0.05, 0) is 47.5 Å². The molecule has 0 unspecified atom stereocenters. The number of carbonyl (C=O) groups excluding carboxylic acids is 1. The number of nitrogens with zero attached hydrogens (tertiary/aromatic N) is 1. The second kappa shape index (κ2) is 11.1. The smallest absolute Gasteiger partial charge is 0.416 e. The Morgan fingerprint density at radius 2 is 1.53 bits per heavy atom. The molecule has 0 saturated carbocycles. The quantitative estimate of drug-likeness (QED) is 0.241. The largest absolute Gasteiger partial charge is 0.449 e. The van der Waals surface area contributed by atoms with Gasteiger partial charge in [-0.25, -0.2) is 0 Å². The lowest BCUT2D eigenvalue weighted by atomic mass is 10.1. The van der Waals surface area contributed by atoms with Crippen LogP contribution < -0.4 is 15.4 Å². The van der Waals surface area contributed by atoms with Crippen molar-refractivity contribution in [1.29, 1.82) is 5.41 Å². The molecule has 6 nitrogen and oxygen atoms in total. The van der Waals surface area contributed by atoms with Crippen molar-refractivity contribution < 1.29 is 22.7 Å². The second-order valence-corrected chi connectivity index (χ2v) is 8.12. The number of hydrogen-bond acceptors (Lipinski definition) is 5. The van der Waals surface area contributed by atoms with Crippen molar-refractivity contribution in [2.45, 2.75) is 6.18 Å². The van der Waals surface area contributed by atoms with E-state index in [1.807, 2.05) is 47.4 Å². The number of amides is 1. The van der Waals surface area contributed by atoms with E-state index in [2.05, 4.69) is 10.6 Å². The zero-order valence-electron chi connectivity index (χ0n) is 19.3. The minimum Gasteiger partial charge on any atom is -0.449 e. The zero-order valence-corrected chi connectivity index (χ0v) is 19.3. The number of benzene rings is 3. The average molecular weight is 495 g/mol. The molecular formula is C27H25F3N4O2. The van der Waals surface area contributed by atoms with Crippen LogP contribution in [0.4, 0.5) is 18.9 Å². The summed E-state index contributed by atoms with van der Waals surface area (Å²) in [7, 11) is 0. The molecule has 3 N–H and O–H groups in total. The first kappa shape index (κ1) is 25.0. The first-order valence-corrected chi connectivity index (χ1v) is 11.4. The Morgan fingerprint density at radius 1 is 0.917 bits per heavy atom. The van der Waals surface area contributed by atoms with Crippen LogP contribution in [0, 0.1) is 5.41 Å². The molecule has 0 spiro atoms. The highest BCUT2D eigenvalue weighted by Crippen LogP contribution is 2.30. The minimum absolute atomic E-state index is 0.112. The Balaban J connectivity index is 1.61. The molecule has 1 saturated heterocycles. The van der Waals surface area contributed by atoms with E-state index in [0.29, 0.717) is 31.9 Å². The molecule has 9 heteroatoms. The molecule has 1 amide bonds. The van der Waals surface area contributed by atoms with Gasteiger partial charge in [0.25, 0.3) is 5.91 Å². The predicted molar refractivity (Wildman–Crippen MR) is 133 cm³/mol. The van der Waals surface area contributed by atoms with Crippen molar-refractivity contribution in [1.82, 2.24) is 10.2 Å². The third-order valence-corrected chi connectivity index (χ3v) is 5.68. The van der Waals surface area contributed by atoms with Gasteiger partial charge >= 0.3 is 6.18 Å². The summed E-state index contributed by atoms with van der Waals surface area (Å²) in [6.07, 6.45) is -3.41. The number of alkyl halides is 3. The van der Waals surface area contributed by atoms with Crippen LogP contribution in [0.15, 0.2) is 90.3 Å². The number of allylic oxidation sites excluding steroid dienone is 1. The highest BCUT2D eigenvalue weighted by atomic mass is 19.4. The fourth-order valence-electron chi connectivity index (χ4n) is 3.82. The van der Waals surface area contributed by atoms with Crippen LogP contribution in [0.5, 0.6) is 5.75 Å². The molecule has 3 aromatic carbocycles. The minimum atomic E-state index is -4.47. The van der Waals surface area contributed by atoms with Gasteiger partial charge in [0, 0.05) is 38.1 Å². The summed E-state index contributed by atoms with van der Waals surface area (Å²) in [4.78, 5) is 15.1. The third kappa shape index (κ3) is 6.11. The topological polar surface area (TPSA) is 77.5 Å². The van der Waals surface area contributed by atoms with Crippen LogP contribution in [0.2, 0.25) is 0 Å². The average Bonchev–Trinajstić information content (AvgIpc) is 2.90. The van der Waals surface area contributed by atoms with Crippen molar-refractivity contribution in [3.8, 4) is 16.9 Å². The fraction of sp³-hybridized carbons (Fsp3) is 0.185. The summed E-state index contributed by atoms with van der Waals surface area (Å²) < 4.78 is 44.7. The maximum atomic E-state index is 13.3. The lowest BCUT2D eigenvalue weighted by molar-refractivity contribution is -0.137. The Bertz CT molecular complexity index is 1220. The summed E-state index contributed by atoms with van der Waals surface area (Å²) in [5.74, 6) is -0.389. The van der Waals surface area contributed by atoms with Crippen LogP contribution in [0.25, 0.3) is 11.1 Å². The summed E-state index contributed by atoms with van der Waals surface area (Å²) in [5, 5.41) is 13.8. The maximum Gasteiger partial charge on any atom is 0.416 e. The number of ether oxygens (including phenoxy) is 1. The van der Waals surface area contributed by atoms with Crippen molar-refractivity contribution in [2.24, 2.45) is 0 Å². The van der Waals surface area contributed by atoms with Crippen molar-refractivity contribution >= 4 is 17.8 Å². The predicted octanol–water partition coefficient (Wildman–Crippen LogP) is 5.16. The molecule has 186 valence electrons. The van der Waals surface area contributed by atoms with Gasteiger partial charge in [0.2, 0.25) is 5.76 Å². The standard InChI is InChI=1S/C27H25F3N4O2/c28-27(29,30)21-8-10-22(11-9-21)33-26(35)25(24(18-31)34-16-14-32-15-17-34)36-23-12-6-20(7-13-23)19-4-2-1-3-5-19/h1-13,18,31-32H,14-17H2,(H,33,35)/b25-24-,31-18?. The summed E-state index contributed by atoms with van der Waals surface area (Å²) >= 11 is 0. The molecule has 1 fully saturated rings. The molecule has 1 aliphatic heterocycles. The lowest BCUT2D eigenvalue weighted by Gasteiger charge is -2.30. The fourth-order valence-corrected chi connectivity index (χ4v) is 3.82. The number of anilines is 1. The number of halogens is 3. The van der Waals surface area contributed by atoms with E-state index in [9.17, 15) is 18.0 Å². The summed E-state index contributed by atoms with van der Waals surface area (Å²) in [6.45, 7) is 2.49. The molecule has 0 aliphatic carbocycles. The van der Waals surface area contributed by atoms with Gasteiger partial charge < -0.3 is 25.7 Å². The molecule has 36 heavy (non-hydrogen) atoms. The first-order chi connectivity index (χ1) is 17.3. The molecule has 0 aromatic heterocycles. The second-order valence-electron chi connectivity index (χ2n) is 8.12. The lowest BCUT2D eigenvalue weighted by Crippen LogP contribution is -2.44. The Hall–Kier alpha value is -4.11. The van der Waals surface area contributed by atoms with Crippen LogP contribution in [0.3, 0.4) is 0 Å². The van der Waals surface area contributed by atoms with Gasteiger partial charge in [0.15, 0.2) is 0 Å². The molecule has 4 rings (SSSR count). The Labute approximate surface area is 206 Å². The molecule has 1 heterocycles. The first-order valence-electron chi connectivity index (χ1n) is 11.4. The molecule has 0 radical (unpaired) electrons. The Kier molecular flexibility index (Phi) is 7.70. The third-order valence-electron chi connectivity index (χ3n) is 5.68. The highest BCUT2D eigenvalue weighted by Gasteiger charge is 2.30. The van der Waals surface area contributed by atoms with Gasteiger partial charge in [-0.1, -0.05) is 42.5 Å². The monoisotopic (exact) mass is 494 g/mol. The van der Waals surface area contributed by atoms with Crippen molar-refractivity contribution in [3.63, 3.8) is 0 Å². The molecular weight excluding hydrogens is 469 g/mol. The number of nitrogens with one attached hydrogen (secondary N) is 3. The number of hydrogen-bond donors (Lipinski definition) is 3. The maximum absolute atomic E-state index is 13.3. The molecule has 0 atom stereocenters. The van der Waals surface area contributed by atoms with E-state index in [-0.39, 0.29) is 17.1 Å². The van der Waals surface area contributed by atoms with E-state index in [1.54, 1.807) is 12.1 Å². The van der Waals surface area contributed by atoms with E-state index < -0.39 is 17.6 Å². The number of rotatable bonds is 7. The van der Waals surface area contributed by atoms with Gasteiger partial charge in [-0.3, -0.25) is 4.79 Å². The molecule has 3 aromatic rings. The summed E-state index contributed by atoms with van der Waals surface area (Å²) in [6, 6.07) is 21.1. The summed E-state index contributed by atoms with van der Waals surface area (Å²) in [5.41, 5.74) is 1.65. The van der Waals surface area contributed by atoms with Crippen molar-refractivity contribution in [3.05, 3.63) is 95.9 Å². The molecule has 1 aliphatic rings. The normalized spacial score (nSPS) is 14.6. The van der Waals surface area contributed by atoms with Crippen LogP contribution in [0.1, 0.15) is 5.56 Å². The van der Waals surface area contributed by atoms with Gasteiger partial charge in [-0.15, -0.1) is 0 Å². The van der Waals surface area contributed by atoms with Crippen LogP contribution in [-0.4, -0.2) is 43.2 Å². The van der Waals surface area contributed by atoms with Crippen LogP contribution >= 0.6 is 0 Å². The van der Waals surface area contributed by atoms with E-state index in [0.717, 1.165) is 29.5 Å². The van der Waals surface area contributed by atoms with Gasteiger partial charge in [0.05, 0.1) is 5.56 Å². The van der Waals surface area contributed by atoms with Crippen molar-refractivity contribution in [2.75, 3.05) is 31.5 Å². The van der Waals surface area contributed by atoms with E-state index in [1.165, 1.54) is 12.1 Å².